The van der Waals surface area contributed by atoms with Gasteiger partial charge in [-0.15, -0.1) is 0 Å². The van der Waals surface area contributed by atoms with Crippen LogP contribution in [0.3, 0.4) is 0 Å². The molecule has 0 aliphatic carbocycles. The Morgan fingerprint density at radius 2 is 1.15 bits per heavy atom. The minimum absolute atomic E-state index is 0.0940. The number of Topliss-reactive ketones (excluding diaryl/α,β-unsaturated/α-hetero) is 1. The van der Waals surface area contributed by atoms with Gasteiger partial charge in [-0.1, -0.05) is 78.9 Å². The molecule has 0 amide bonds. The zero-order valence-electron chi connectivity index (χ0n) is 15.5. The summed E-state index contributed by atoms with van der Waals surface area (Å²) in [5.74, 6) is -0.463. The normalized spacial score (nSPS) is 11.2. The molecule has 0 atom stereocenters. The smallest absolute Gasteiger partial charge is 0.193 e. The summed E-state index contributed by atoms with van der Waals surface area (Å²) in [7, 11) is 0. The van der Waals surface area contributed by atoms with E-state index >= 15 is 0 Å². The fraction of sp³-hybridized carbons (Fsp3) is 0.167. The third-order valence-electron chi connectivity index (χ3n) is 4.43. The van der Waals surface area contributed by atoms with Crippen LogP contribution in [-0.2, 0) is 6.42 Å². The van der Waals surface area contributed by atoms with Crippen LogP contribution in [0.2, 0.25) is 0 Å². The second kappa shape index (κ2) is 7.68. The van der Waals surface area contributed by atoms with Crippen molar-refractivity contribution in [3.05, 3.63) is 107 Å². The van der Waals surface area contributed by atoms with E-state index in [1.807, 2.05) is 42.5 Å². The van der Waals surface area contributed by atoms with Crippen molar-refractivity contribution in [3.63, 3.8) is 0 Å². The van der Waals surface area contributed by atoms with Gasteiger partial charge in [-0.2, -0.15) is 0 Å². The lowest BCUT2D eigenvalue weighted by Crippen LogP contribution is -2.31. The molecule has 0 radical (unpaired) electrons. The molecule has 0 bridgehead atoms. The highest BCUT2D eigenvalue weighted by atomic mass is 16.3. The van der Waals surface area contributed by atoms with Crippen molar-refractivity contribution in [2.45, 2.75) is 25.9 Å². The lowest BCUT2D eigenvalue weighted by molar-refractivity contribution is 0.0488. The molecule has 0 saturated carbocycles. The zero-order chi connectivity index (χ0) is 19.4. The van der Waals surface area contributed by atoms with E-state index in [1.54, 1.807) is 24.3 Å². The van der Waals surface area contributed by atoms with Gasteiger partial charge in [-0.25, -0.2) is 0 Å². The maximum atomic E-state index is 12.7. The summed E-state index contributed by atoms with van der Waals surface area (Å²) in [5.41, 5.74) is 2.44. The number of carbonyl (C=O) groups excluding carboxylic acids is 2. The Bertz CT molecular complexity index is 932. The minimum atomic E-state index is -1.43. The summed E-state index contributed by atoms with van der Waals surface area (Å²) in [5, 5.41) is 9.81. The van der Waals surface area contributed by atoms with E-state index < -0.39 is 5.60 Å². The number of rotatable bonds is 6. The first-order valence-corrected chi connectivity index (χ1v) is 8.89. The van der Waals surface area contributed by atoms with Gasteiger partial charge in [0.1, 0.15) is 5.60 Å². The molecule has 3 rings (SSSR count). The molecule has 0 aliphatic rings. The van der Waals surface area contributed by atoms with Crippen molar-refractivity contribution < 1.29 is 14.7 Å². The molecule has 3 aromatic carbocycles. The van der Waals surface area contributed by atoms with Crippen molar-refractivity contribution in [2.24, 2.45) is 0 Å². The predicted octanol–water partition coefficient (Wildman–Crippen LogP) is 4.46. The van der Waals surface area contributed by atoms with Crippen LogP contribution in [-0.4, -0.2) is 22.3 Å². The molecule has 3 nitrogen and oxygen atoms in total. The number of hydrogen-bond acceptors (Lipinski definition) is 3. The highest BCUT2D eigenvalue weighted by molar-refractivity contribution is 6.09. The van der Waals surface area contributed by atoms with Crippen molar-refractivity contribution in [1.29, 1.82) is 0 Å². The van der Waals surface area contributed by atoms with Crippen LogP contribution < -0.4 is 0 Å². The Kier molecular flexibility index (Phi) is 5.33. The molecule has 3 aromatic rings. The van der Waals surface area contributed by atoms with Gasteiger partial charge in [0, 0.05) is 16.7 Å². The summed E-state index contributed by atoms with van der Waals surface area (Å²) in [6.07, 6.45) is 0.822. The first-order chi connectivity index (χ1) is 12.8. The van der Waals surface area contributed by atoms with Crippen LogP contribution in [0.25, 0.3) is 0 Å². The van der Waals surface area contributed by atoms with Gasteiger partial charge >= 0.3 is 0 Å². The Balaban J connectivity index is 1.73. The summed E-state index contributed by atoms with van der Waals surface area (Å²) in [6.45, 7) is 2.90. The second-order valence-corrected chi connectivity index (χ2v) is 7.15. The minimum Gasteiger partial charge on any atom is -0.382 e. The Labute approximate surface area is 159 Å². The average Bonchev–Trinajstić information content (AvgIpc) is 2.68. The molecule has 1 N–H and O–H groups in total. The number of ketones is 2. The van der Waals surface area contributed by atoms with E-state index in [9.17, 15) is 14.7 Å². The number of aliphatic hydroxyl groups is 1. The van der Waals surface area contributed by atoms with E-state index in [1.165, 1.54) is 19.4 Å². The molecule has 0 aliphatic heterocycles. The van der Waals surface area contributed by atoms with Gasteiger partial charge in [0.2, 0.25) is 0 Å². The fourth-order valence-corrected chi connectivity index (χ4v) is 2.90. The Hall–Kier alpha value is -3.04. The third kappa shape index (κ3) is 4.57. The Morgan fingerprint density at radius 3 is 1.67 bits per heavy atom. The number of carbonyl (C=O) groups is 2. The summed E-state index contributed by atoms with van der Waals surface area (Å²) >= 11 is 0. The monoisotopic (exact) mass is 358 g/mol. The largest absolute Gasteiger partial charge is 0.382 e. The first kappa shape index (κ1) is 18.7. The molecule has 0 aromatic heterocycles. The molecule has 136 valence electrons. The van der Waals surface area contributed by atoms with Crippen LogP contribution in [0.1, 0.15) is 51.3 Å². The van der Waals surface area contributed by atoms with E-state index in [0.717, 1.165) is 12.0 Å². The fourth-order valence-electron chi connectivity index (χ4n) is 2.90. The lowest BCUT2D eigenvalue weighted by atomic mass is 9.94. The standard InChI is InChI=1S/C24H22O3/c1-24(2,27)23(26)21-14-12-20(13-15-21)22(25)19-10-8-18(9-11-19)16-17-6-4-3-5-7-17/h3-15,27H,16H2,1-2H3. The topological polar surface area (TPSA) is 54.4 Å². The van der Waals surface area contributed by atoms with Gasteiger partial charge in [-0.05, 0) is 31.4 Å². The highest BCUT2D eigenvalue weighted by Crippen LogP contribution is 2.17. The number of benzene rings is 3. The summed E-state index contributed by atoms with van der Waals surface area (Å²) in [4.78, 5) is 24.7. The third-order valence-corrected chi connectivity index (χ3v) is 4.43. The molecular weight excluding hydrogens is 336 g/mol. The van der Waals surface area contributed by atoms with Crippen LogP contribution in [0, 0.1) is 0 Å². The molecule has 0 fully saturated rings. The van der Waals surface area contributed by atoms with Gasteiger partial charge in [-0.3, -0.25) is 9.59 Å². The quantitative estimate of drug-likeness (QED) is 0.662. The van der Waals surface area contributed by atoms with Gasteiger partial charge in [0.15, 0.2) is 11.6 Å². The Morgan fingerprint density at radius 1 is 0.704 bits per heavy atom. The molecule has 0 saturated heterocycles. The molecule has 3 heteroatoms. The van der Waals surface area contributed by atoms with Crippen molar-refractivity contribution in [3.8, 4) is 0 Å². The summed E-state index contributed by atoms with van der Waals surface area (Å²) in [6, 6.07) is 24.2. The molecule has 0 unspecified atom stereocenters. The van der Waals surface area contributed by atoms with Gasteiger partial charge < -0.3 is 5.11 Å². The van der Waals surface area contributed by atoms with Crippen LogP contribution in [0.5, 0.6) is 0 Å². The van der Waals surface area contributed by atoms with Crippen LogP contribution in [0.4, 0.5) is 0 Å². The molecule has 0 heterocycles. The van der Waals surface area contributed by atoms with Crippen LogP contribution in [0.15, 0.2) is 78.9 Å². The second-order valence-electron chi connectivity index (χ2n) is 7.15. The van der Waals surface area contributed by atoms with Gasteiger partial charge in [0.25, 0.3) is 0 Å². The van der Waals surface area contributed by atoms with E-state index in [0.29, 0.717) is 16.7 Å². The van der Waals surface area contributed by atoms with Crippen molar-refractivity contribution in [2.75, 3.05) is 0 Å². The van der Waals surface area contributed by atoms with E-state index in [2.05, 4.69) is 12.1 Å². The molecule has 0 spiro atoms. The summed E-state index contributed by atoms with van der Waals surface area (Å²) < 4.78 is 0. The SMILES string of the molecule is CC(C)(O)C(=O)c1ccc(C(=O)c2ccc(Cc3ccccc3)cc2)cc1. The van der Waals surface area contributed by atoms with Crippen LogP contribution >= 0.6 is 0 Å². The zero-order valence-corrected chi connectivity index (χ0v) is 15.5. The maximum absolute atomic E-state index is 12.7. The van der Waals surface area contributed by atoms with Gasteiger partial charge in [0.05, 0.1) is 0 Å². The first-order valence-electron chi connectivity index (χ1n) is 8.89. The predicted molar refractivity (Wildman–Crippen MR) is 106 cm³/mol. The van der Waals surface area contributed by atoms with E-state index in [-0.39, 0.29) is 11.6 Å². The maximum Gasteiger partial charge on any atom is 0.193 e. The highest BCUT2D eigenvalue weighted by Gasteiger charge is 2.25. The van der Waals surface area contributed by atoms with Crippen molar-refractivity contribution >= 4 is 11.6 Å². The van der Waals surface area contributed by atoms with Crippen molar-refractivity contribution in [1.82, 2.24) is 0 Å². The molecular formula is C24H22O3. The average molecular weight is 358 g/mol. The molecule has 27 heavy (non-hydrogen) atoms. The van der Waals surface area contributed by atoms with E-state index in [4.69, 9.17) is 0 Å². The lowest BCUT2D eigenvalue weighted by Gasteiger charge is -2.15. The number of hydrogen-bond donors (Lipinski definition) is 1.